The lowest BCUT2D eigenvalue weighted by Crippen LogP contribution is -2.74. The number of likely N-dealkylation sites (N-methyl/N-ethyl adjacent to an activating group) is 1. The maximum Gasteiger partial charge on any atom is 0.235 e. The highest BCUT2D eigenvalue weighted by molar-refractivity contribution is 6.32. The van der Waals surface area contributed by atoms with E-state index in [0.29, 0.717) is 22.4 Å². The molecule has 2 unspecified atom stereocenters. The van der Waals surface area contributed by atoms with Gasteiger partial charge in [0.1, 0.15) is 5.75 Å². The molecule has 4 N–H and O–H groups in total. The van der Waals surface area contributed by atoms with Crippen molar-refractivity contribution in [1.29, 1.82) is 0 Å². The molecule has 10 heteroatoms. The van der Waals surface area contributed by atoms with E-state index in [1.165, 1.54) is 4.90 Å². The van der Waals surface area contributed by atoms with Crippen molar-refractivity contribution in [2.75, 3.05) is 33.1 Å². The number of phenolic OH excluding ortho intramolecular Hbond substituents is 1. The average molecular weight is 548 g/mol. The molecule has 40 heavy (non-hydrogen) atoms. The molecule has 210 valence electrons. The number of aromatic hydroxyl groups is 1. The molecule has 0 heterocycles. The van der Waals surface area contributed by atoms with Crippen molar-refractivity contribution in [3.05, 3.63) is 47.0 Å². The zero-order valence-corrected chi connectivity index (χ0v) is 23.1. The number of hydrogen-bond donors (Lipinski definition) is 3. The number of carbonyl (C=O) groups excluding carboxylic acids is 5. The summed E-state index contributed by atoms with van der Waals surface area (Å²) in [6.07, 6.45) is 0.221. The first-order valence-electron chi connectivity index (χ1n) is 13.2. The fourth-order valence-corrected chi connectivity index (χ4v) is 7.00. The fraction of sp³-hybridized carbons (Fsp3) is 0.433. The van der Waals surface area contributed by atoms with Crippen LogP contribution in [-0.4, -0.2) is 84.0 Å². The molecule has 6 atom stereocenters. The third-order valence-electron chi connectivity index (χ3n) is 8.88. The van der Waals surface area contributed by atoms with Crippen molar-refractivity contribution in [3.8, 4) is 16.9 Å². The molecule has 10 nitrogen and oxygen atoms in total. The van der Waals surface area contributed by atoms with Gasteiger partial charge in [-0.2, -0.15) is 0 Å². The summed E-state index contributed by atoms with van der Waals surface area (Å²) in [6.45, 7) is 1.93. The third-order valence-corrected chi connectivity index (χ3v) is 8.88. The second-order valence-electron chi connectivity index (χ2n) is 11.7. The van der Waals surface area contributed by atoms with Gasteiger partial charge in [0, 0.05) is 31.3 Å². The molecule has 0 spiro atoms. The van der Waals surface area contributed by atoms with Crippen LogP contribution in [-0.2, 0) is 25.6 Å². The zero-order valence-electron chi connectivity index (χ0n) is 23.1. The number of aryl methyl sites for hydroxylation is 1. The number of anilines is 1. The first-order chi connectivity index (χ1) is 18.7. The Morgan fingerprint density at radius 2 is 1.65 bits per heavy atom. The molecule has 0 radical (unpaired) electrons. The Labute approximate surface area is 231 Å². The predicted octanol–water partition coefficient (Wildman–Crippen LogP) is 0.908. The molecule has 0 bridgehead atoms. The third kappa shape index (κ3) is 3.73. The van der Waals surface area contributed by atoms with Crippen LogP contribution in [0.5, 0.6) is 5.75 Å². The van der Waals surface area contributed by atoms with Crippen molar-refractivity contribution in [1.82, 2.24) is 4.90 Å². The van der Waals surface area contributed by atoms with E-state index in [4.69, 9.17) is 5.73 Å². The van der Waals surface area contributed by atoms with E-state index in [1.807, 2.05) is 50.2 Å². The van der Waals surface area contributed by atoms with Crippen LogP contribution in [0.25, 0.3) is 11.1 Å². The van der Waals surface area contributed by atoms with Crippen LogP contribution in [0.1, 0.15) is 27.9 Å². The number of benzene rings is 2. The number of nitrogens with zero attached hydrogens (tertiary/aromatic N) is 2. The van der Waals surface area contributed by atoms with E-state index in [2.05, 4.69) is 0 Å². The summed E-state index contributed by atoms with van der Waals surface area (Å²) >= 11 is 0. The van der Waals surface area contributed by atoms with E-state index in [-0.39, 0.29) is 24.2 Å². The Morgan fingerprint density at radius 1 is 1.02 bits per heavy atom. The normalized spacial score (nSPS) is 29.6. The fourth-order valence-electron chi connectivity index (χ4n) is 7.00. The highest BCUT2D eigenvalue weighted by Gasteiger charge is 2.69. The Kier molecular flexibility index (Phi) is 6.47. The largest absolute Gasteiger partial charge is 0.507 e. The van der Waals surface area contributed by atoms with Gasteiger partial charge in [0.05, 0.1) is 17.5 Å². The van der Waals surface area contributed by atoms with Crippen LogP contribution in [0.2, 0.25) is 0 Å². The molecule has 0 aliphatic heterocycles. The SMILES string of the molecule is Cc1ccc(-c2cc(N(C)C)c3c(c2O)C(=O)C2C(=O)[C@@]4(O)C(=O)C(C(N)=O)C(=O)[C@H](N(C)C)[C@H]4C[C@H]2C3)cc1. The maximum atomic E-state index is 14.1. The first kappa shape index (κ1) is 27.7. The van der Waals surface area contributed by atoms with Crippen LogP contribution in [0.15, 0.2) is 30.3 Å². The number of aliphatic hydroxyl groups is 1. The van der Waals surface area contributed by atoms with Gasteiger partial charge in [0.15, 0.2) is 34.7 Å². The molecule has 2 saturated carbocycles. The molecule has 0 aromatic heterocycles. The first-order valence-corrected chi connectivity index (χ1v) is 13.2. The summed E-state index contributed by atoms with van der Waals surface area (Å²) in [5, 5.41) is 23.2. The monoisotopic (exact) mass is 547 g/mol. The van der Waals surface area contributed by atoms with Gasteiger partial charge in [0.2, 0.25) is 5.91 Å². The minimum Gasteiger partial charge on any atom is -0.507 e. The Hall–Kier alpha value is -3.89. The molecule has 2 aromatic rings. The van der Waals surface area contributed by atoms with E-state index >= 15 is 0 Å². The number of ketones is 4. The predicted molar refractivity (Wildman–Crippen MR) is 146 cm³/mol. The lowest BCUT2D eigenvalue weighted by Gasteiger charge is -2.52. The molecule has 0 saturated heterocycles. The summed E-state index contributed by atoms with van der Waals surface area (Å²) < 4.78 is 0. The van der Waals surface area contributed by atoms with Crippen molar-refractivity contribution in [3.63, 3.8) is 0 Å². The number of primary amides is 1. The zero-order chi connectivity index (χ0) is 29.4. The molecule has 2 aromatic carbocycles. The van der Waals surface area contributed by atoms with Crippen molar-refractivity contribution in [2.45, 2.75) is 31.4 Å². The van der Waals surface area contributed by atoms with Gasteiger partial charge in [-0.3, -0.25) is 28.9 Å². The number of amides is 1. The Balaban J connectivity index is 1.69. The van der Waals surface area contributed by atoms with Crippen molar-refractivity contribution >= 4 is 34.7 Å². The van der Waals surface area contributed by atoms with E-state index in [0.717, 1.165) is 5.56 Å². The number of fused-ring (bicyclic) bond motifs is 3. The molecule has 5 rings (SSSR count). The highest BCUT2D eigenvalue weighted by Crippen LogP contribution is 2.53. The molecule has 3 aliphatic carbocycles. The summed E-state index contributed by atoms with van der Waals surface area (Å²) in [4.78, 5) is 70.3. The van der Waals surface area contributed by atoms with E-state index in [9.17, 15) is 34.2 Å². The topological polar surface area (TPSA) is 158 Å². The number of hydrogen-bond acceptors (Lipinski definition) is 9. The summed E-state index contributed by atoms with van der Waals surface area (Å²) in [6, 6.07) is 8.10. The summed E-state index contributed by atoms with van der Waals surface area (Å²) in [5.74, 6) is -10.5. The summed E-state index contributed by atoms with van der Waals surface area (Å²) in [7, 11) is 6.75. The van der Waals surface area contributed by atoms with E-state index < -0.39 is 64.4 Å². The second-order valence-corrected chi connectivity index (χ2v) is 11.7. The Morgan fingerprint density at radius 3 is 2.20 bits per heavy atom. The van der Waals surface area contributed by atoms with Gasteiger partial charge in [-0.25, -0.2) is 0 Å². The van der Waals surface area contributed by atoms with Gasteiger partial charge < -0.3 is 20.8 Å². The van der Waals surface area contributed by atoms with E-state index in [1.54, 1.807) is 20.2 Å². The minimum atomic E-state index is -2.74. The lowest BCUT2D eigenvalue weighted by molar-refractivity contribution is -0.181. The minimum absolute atomic E-state index is 0.0112. The van der Waals surface area contributed by atoms with Gasteiger partial charge in [-0.1, -0.05) is 29.8 Å². The second kappa shape index (κ2) is 9.35. The molecule has 3 aliphatic rings. The van der Waals surface area contributed by atoms with Crippen LogP contribution in [0.4, 0.5) is 5.69 Å². The van der Waals surface area contributed by atoms with Gasteiger partial charge in [0.25, 0.3) is 0 Å². The number of rotatable bonds is 4. The summed E-state index contributed by atoms with van der Waals surface area (Å²) in [5.41, 5.74) is 5.98. The standard InChI is InChI=1S/C30H33N3O7/c1-13-6-8-14(9-7-13)16-12-19(32(2)3)17-10-15-11-18-23(33(4)5)26(36)22(29(31)39)28(38)30(18,40)27(37)20(15)25(35)21(17)24(16)34/h6-9,12,15,18,20,22-23,34,40H,10-11H2,1-5H3,(H2,31,39)/t15-,18-,20?,22?,23-,30-/m1/s1. The van der Waals surface area contributed by atoms with Gasteiger partial charge in [-0.05, 0) is 57.0 Å². The quantitative estimate of drug-likeness (QED) is 0.473. The molecule has 2 fully saturated rings. The van der Waals surface area contributed by atoms with Crippen LogP contribution in [0.3, 0.4) is 0 Å². The molecule has 1 amide bonds. The number of nitrogens with two attached hydrogens (primary N) is 1. The number of phenols is 1. The van der Waals surface area contributed by atoms with Gasteiger partial charge >= 0.3 is 0 Å². The van der Waals surface area contributed by atoms with Crippen LogP contribution < -0.4 is 10.6 Å². The average Bonchev–Trinajstić information content (AvgIpc) is 2.86. The van der Waals surface area contributed by atoms with Crippen LogP contribution in [0, 0.1) is 30.6 Å². The lowest BCUT2D eigenvalue weighted by atomic mass is 9.52. The number of Topliss-reactive ketones (excluding diaryl/α,β-unsaturated/α-hetero) is 4. The molecular formula is C30H33N3O7. The number of carbonyl (C=O) groups is 5. The Bertz CT molecular complexity index is 1480. The van der Waals surface area contributed by atoms with Crippen molar-refractivity contribution < 1.29 is 34.2 Å². The smallest absolute Gasteiger partial charge is 0.235 e. The van der Waals surface area contributed by atoms with Gasteiger partial charge in [-0.15, -0.1) is 0 Å². The maximum absolute atomic E-state index is 14.1. The van der Waals surface area contributed by atoms with Crippen molar-refractivity contribution in [2.24, 2.45) is 29.4 Å². The highest BCUT2D eigenvalue weighted by atomic mass is 16.3. The van der Waals surface area contributed by atoms with Crippen LogP contribution >= 0.6 is 0 Å². The molecular weight excluding hydrogens is 514 g/mol.